The number of hydrogen-bond donors (Lipinski definition) is 1. The number of nitrogens with one attached hydrogen (secondary N) is 1. The highest BCUT2D eigenvalue weighted by Crippen LogP contribution is 2.16. The lowest BCUT2D eigenvalue weighted by molar-refractivity contribution is 0.0104. The number of aromatic nitrogens is 4. The average Bonchev–Trinajstić information content (AvgIpc) is 2.84. The lowest BCUT2D eigenvalue weighted by Gasteiger charge is -2.11. The molecule has 2 heterocycles. The largest absolute Gasteiger partial charge is 0.324 e. The second-order valence-electron chi connectivity index (χ2n) is 4.42. The Bertz CT molecular complexity index is 728. The summed E-state index contributed by atoms with van der Waals surface area (Å²) in [5.74, 6) is -5.01. The summed E-state index contributed by atoms with van der Waals surface area (Å²) < 4.78 is 28.7. The Kier molecular flexibility index (Phi) is 3.83. The van der Waals surface area contributed by atoms with Gasteiger partial charge in [-0.05, 0) is 12.1 Å². The number of nitrogens with zero attached hydrogens (tertiary/aromatic N) is 5. The van der Waals surface area contributed by atoms with E-state index >= 15 is 0 Å². The van der Waals surface area contributed by atoms with E-state index in [1.54, 1.807) is 24.0 Å². The lowest BCUT2D eigenvalue weighted by atomic mass is 10.2. The molecule has 0 aliphatic carbocycles. The van der Waals surface area contributed by atoms with Crippen molar-refractivity contribution in [2.75, 3.05) is 7.05 Å². The number of carbonyl (C=O) groups is 1. The molecular weight excluding hydrogens is 282 g/mol. The van der Waals surface area contributed by atoms with Crippen molar-refractivity contribution in [3.63, 3.8) is 0 Å². The van der Waals surface area contributed by atoms with E-state index in [1.807, 2.05) is 0 Å². The van der Waals surface area contributed by atoms with Gasteiger partial charge in [-0.1, -0.05) is 0 Å². The molecule has 0 spiro atoms. The molecule has 112 valence electrons. The molecule has 7 nitrogen and oxygen atoms in total. The highest BCUT2D eigenvalue weighted by molar-refractivity contribution is 5.84. The van der Waals surface area contributed by atoms with Crippen molar-refractivity contribution in [1.82, 2.24) is 25.0 Å². The molecule has 0 fully saturated rings. The van der Waals surface area contributed by atoms with Crippen LogP contribution < -0.4 is 10.9 Å². The Labute approximate surface area is 118 Å². The minimum absolute atomic E-state index is 0.0170. The molecule has 1 N–H and O–H groups in total. The first kappa shape index (κ1) is 14.8. The van der Waals surface area contributed by atoms with Crippen molar-refractivity contribution in [3.05, 3.63) is 30.0 Å². The smallest absolute Gasteiger partial charge is 0.311 e. The fourth-order valence-electron chi connectivity index (χ4n) is 1.66. The molecule has 0 unspecified atom stereocenters. The van der Waals surface area contributed by atoms with Crippen LogP contribution in [-0.4, -0.2) is 38.4 Å². The maximum absolute atomic E-state index is 13.3. The van der Waals surface area contributed by atoms with Crippen LogP contribution in [0, 0.1) is 0 Å². The SMILES string of the molecule is CN/N=c1\ccc(-c2cnn(C)c2)nn1C(=O)C(C)(F)F. The van der Waals surface area contributed by atoms with Gasteiger partial charge in [-0.25, -0.2) is 0 Å². The van der Waals surface area contributed by atoms with E-state index in [-0.39, 0.29) is 5.49 Å². The highest BCUT2D eigenvalue weighted by atomic mass is 19.3. The van der Waals surface area contributed by atoms with E-state index < -0.39 is 11.8 Å². The molecule has 2 aromatic rings. The average molecular weight is 296 g/mol. The third-order valence-corrected chi connectivity index (χ3v) is 2.61. The normalized spacial score (nSPS) is 12.5. The summed E-state index contributed by atoms with van der Waals surface area (Å²) >= 11 is 0. The summed E-state index contributed by atoms with van der Waals surface area (Å²) in [5, 5.41) is 11.7. The van der Waals surface area contributed by atoms with Crippen molar-refractivity contribution < 1.29 is 13.6 Å². The molecule has 0 atom stereocenters. The molecule has 9 heteroatoms. The second-order valence-corrected chi connectivity index (χ2v) is 4.42. The molecular formula is C12H14F2N6O. The van der Waals surface area contributed by atoms with Crippen LogP contribution >= 0.6 is 0 Å². The zero-order valence-corrected chi connectivity index (χ0v) is 11.7. The van der Waals surface area contributed by atoms with E-state index in [1.165, 1.54) is 19.3 Å². The Morgan fingerprint density at radius 2 is 2.14 bits per heavy atom. The lowest BCUT2D eigenvalue weighted by Crippen LogP contribution is -2.40. The molecule has 0 saturated heterocycles. The fourth-order valence-corrected chi connectivity index (χ4v) is 1.66. The Balaban J connectivity index is 2.60. The molecule has 0 amide bonds. The van der Waals surface area contributed by atoms with Crippen LogP contribution in [0.4, 0.5) is 8.78 Å². The number of carbonyl (C=O) groups excluding carboxylic acids is 1. The van der Waals surface area contributed by atoms with E-state index in [9.17, 15) is 13.6 Å². The molecule has 0 saturated carbocycles. The van der Waals surface area contributed by atoms with Crippen molar-refractivity contribution in [2.24, 2.45) is 12.1 Å². The second kappa shape index (κ2) is 5.43. The first-order chi connectivity index (χ1) is 9.82. The topological polar surface area (TPSA) is 77.1 Å². The molecule has 2 rings (SSSR count). The summed E-state index contributed by atoms with van der Waals surface area (Å²) in [4.78, 5) is 11.8. The van der Waals surface area contributed by atoms with Crippen LogP contribution in [0.25, 0.3) is 11.3 Å². The van der Waals surface area contributed by atoms with Gasteiger partial charge in [0.2, 0.25) is 0 Å². The highest BCUT2D eigenvalue weighted by Gasteiger charge is 2.35. The van der Waals surface area contributed by atoms with Crippen molar-refractivity contribution in [2.45, 2.75) is 12.8 Å². The number of rotatable bonds is 3. The molecule has 0 bridgehead atoms. The van der Waals surface area contributed by atoms with Crippen molar-refractivity contribution in [1.29, 1.82) is 0 Å². The van der Waals surface area contributed by atoms with Gasteiger partial charge in [-0.15, -0.1) is 0 Å². The Morgan fingerprint density at radius 3 is 2.67 bits per heavy atom. The van der Waals surface area contributed by atoms with Crippen LogP contribution in [0.1, 0.15) is 11.7 Å². The zero-order chi connectivity index (χ0) is 15.6. The molecule has 0 aromatic carbocycles. The maximum Gasteiger partial charge on any atom is 0.324 e. The molecule has 0 aliphatic heterocycles. The summed E-state index contributed by atoms with van der Waals surface area (Å²) in [7, 11) is 3.21. The monoisotopic (exact) mass is 296 g/mol. The van der Waals surface area contributed by atoms with Crippen LogP contribution in [0.2, 0.25) is 0 Å². The molecule has 2 aromatic heterocycles. The first-order valence-corrected chi connectivity index (χ1v) is 6.05. The predicted molar refractivity (Wildman–Crippen MR) is 70.3 cm³/mol. The fraction of sp³-hybridized carbons (Fsp3) is 0.333. The van der Waals surface area contributed by atoms with Crippen LogP contribution in [0.3, 0.4) is 0 Å². The maximum atomic E-state index is 13.3. The third-order valence-electron chi connectivity index (χ3n) is 2.61. The predicted octanol–water partition coefficient (Wildman–Crippen LogP) is 0.614. The summed E-state index contributed by atoms with van der Waals surface area (Å²) in [6.07, 6.45) is 3.19. The van der Waals surface area contributed by atoms with Crippen molar-refractivity contribution >= 4 is 5.91 Å². The molecule has 21 heavy (non-hydrogen) atoms. The number of hydrogen-bond acceptors (Lipinski definition) is 5. The quantitative estimate of drug-likeness (QED) is 0.842. The summed E-state index contributed by atoms with van der Waals surface area (Å²) in [6.45, 7) is 0.518. The van der Waals surface area contributed by atoms with Gasteiger partial charge in [0.1, 0.15) is 0 Å². The van der Waals surface area contributed by atoms with Crippen LogP contribution in [0.15, 0.2) is 29.6 Å². The van der Waals surface area contributed by atoms with Gasteiger partial charge in [0, 0.05) is 32.8 Å². The van der Waals surface area contributed by atoms with Gasteiger partial charge in [0.05, 0.1) is 11.9 Å². The molecule has 0 aliphatic rings. The van der Waals surface area contributed by atoms with Gasteiger partial charge < -0.3 is 5.43 Å². The van der Waals surface area contributed by atoms with Crippen molar-refractivity contribution in [3.8, 4) is 11.3 Å². The van der Waals surface area contributed by atoms with E-state index in [2.05, 4.69) is 20.7 Å². The third kappa shape index (κ3) is 3.12. The van der Waals surface area contributed by atoms with Gasteiger partial charge >= 0.3 is 11.8 Å². The van der Waals surface area contributed by atoms with E-state index in [0.717, 1.165) is 0 Å². The Morgan fingerprint density at radius 1 is 1.43 bits per heavy atom. The zero-order valence-electron chi connectivity index (χ0n) is 11.7. The van der Waals surface area contributed by atoms with Gasteiger partial charge in [-0.3, -0.25) is 9.48 Å². The number of halogens is 2. The van der Waals surface area contributed by atoms with E-state index in [0.29, 0.717) is 22.9 Å². The number of alkyl halides is 2. The minimum atomic E-state index is -3.55. The molecule has 0 radical (unpaired) electrons. The Hall–Kier alpha value is -2.58. The minimum Gasteiger partial charge on any atom is -0.311 e. The standard InChI is InChI=1S/C12H14F2N6O/c1-12(13,14)11(21)20-10(17-15-2)5-4-9(18-20)8-6-16-19(3)7-8/h4-7,15H,1-3H3/b17-10+. The van der Waals surface area contributed by atoms with Crippen LogP contribution in [0.5, 0.6) is 0 Å². The summed E-state index contributed by atoms with van der Waals surface area (Å²) in [6, 6.07) is 3.00. The first-order valence-electron chi connectivity index (χ1n) is 6.05. The van der Waals surface area contributed by atoms with Gasteiger partial charge in [-0.2, -0.15) is 28.8 Å². The van der Waals surface area contributed by atoms with Gasteiger partial charge in [0.15, 0.2) is 5.49 Å². The van der Waals surface area contributed by atoms with Crippen LogP contribution in [-0.2, 0) is 7.05 Å². The van der Waals surface area contributed by atoms with E-state index in [4.69, 9.17) is 0 Å². The van der Waals surface area contributed by atoms with Gasteiger partial charge in [0.25, 0.3) is 0 Å². The summed E-state index contributed by atoms with van der Waals surface area (Å²) in [5.41, 5.74) is 3.38. The number of aryl methyl sites for hydroxylation is 1.